The molecule has 0 fully saturated rings. The topological polar surface area (TPSA) is 81.1 Å². The number of anilines is 1. The summed E-state index contributed by atoms with van der Waals surface area (Å²) in [5.41, 5.74) is 8.75. The molecule has 0 unspecified atom stereocenters. The molecule has 0 saturated carbocycles. The van der Waals surface area contributed by atoms with E-state index in [0.717, 1.165) is 23.7 Å². The van der Waals surface area contributed by atoms with E-state index < -0.39 is 0 Å². The van der Waals surface area contributed by atoms with Gasteiger partial charge in [0, 0.05) is 18.9 Å². The highest BCUT2D eigenvalue weighted by Gasteiger charge is 2.07. The Morgan fingerprint density at radius 2 is 1.90 bits per heavy atom. The molecule has 0 bridgehead atoms. The quantitative estimate of drug-likeness (QED) is 0.742. The minimum absolute atomic E-state index is 0.676. The van der Waals surface area contributed by atoms with Gasteiger partial charge in [-0.25, -0.2) is 4.98 Å². The van der Waals surface area contributed by atoms with E-state index in [0.29, 0.717) is 13.1 Å². The molecule has 3 aromatic rings. The van der Waals surface area contributed by atoms with Crippen LogP contribution in [-0.4, -0.2) is 26.1 Å². The molecule has 6 heteroatoms. The number of nitrogens with zero attached hydrogens (tertiary/aromatic N) is 4. The highest BCUT2D eigenvalue weighted by molar-refractivity contribution is 5.62. The zero-order valence-corrected chi connectivity index (χ0v) is 12.0. The molecule has 3 N–H and O–H groups in total. The summed E-state index contributed by atoms with van der Waals surface area (Å²) in [6, 6.07) is 8.43. The Balaban J connectivity index is 1.74. The van der Waals surface area contributed by atoms with Crippen LogP contribution in [0.5, 0.6) is 0 Å². The van der Waals surface area contributed by atoms with Gasteiger partial charge in [-0.1, -0.05) is 24.3 Å². The first kappa shape index (κ1) is 13.5. The summed E-state index contributed by atoms with van der Waals surface area (Å²) in [6.45, 7) is 3.29. The molecule has 2 aromatic heterocycles. The minimum Gasteiger partial charge on any atom is -0.363 e. The number of nitrogens with two attached hydrogens (primary N) is 1. The molecule has 0 atom stereocenters. The molecule has 0 aliphatic heterocycles. The lowest BCUT2D eigenvalue weighted by Gasteiger charge is -2.07. The van der Waals surface area contributed by atoms with Gasteiger partial charge in [0.05, 0.1) is 0 Å². The number of hydrogen-bond donors (Lipinski definition) is 2. The van der Waals surface area contributed by atoms with Crippen LogP contribution in [0.4, 0.5) is 5.82 Å². The summed E-state index contributed by atoms with van der Waals surface area (Å²) < 4.78 is 1.92. The van der Waals surface area contributed by atoms with Gasteiger partial charge in [0.1, 0.15) is 5.82 Å². The molecule has 0 saturated heterocycles. The molecule has 1 aromatic carbocycles. The maximum absolute atomic E-state index is 5.55. The van der Waals surface area contributed by atoms with Crippen LogP contribution in [-0.2, 0) is 13.0 Å². The average molecular weight is 282 g/mol. The van der Waals surface area contributed by atoms with Crippen LogP contribution in [0.2, 0.25) is 0 Å². The van der Waals surface area contributed by atoms with Crippen molar-refractivity contribution in [3.05, 3.63) is 53.6 Å². The molecule has 0 amide bonds. The van der Waals surface area contributed by atoms with Crippen molar-refractivity contribution in [2.45, 2.75) is 19.9 Å². The van der Waals surface area contributed by atoms with Crippen LogP contribution in [0, 0.1) is 6.92 Å². The zero-order chi connectivity index (χ0) is 14.7. The smallest absolute Gasteiger partial charge is 0.203 e. The monoisotopic (exact) mass is 282 g/mol. The first-order valence-electron chi connectivity index (χ1n) is 6.96. The summed E-state index contributed by atoms with van der Waals surface area (Å²) in [7, 11) is 0. The van der Waals surface area contributed by atoms with E-state index in [2.05, 4.69) is 44.8 Å². The molecular formula is C15H18N6. The van der Waals surface area contributed by atoms with E-state index in [9.17, 15) is 0 Å². The predicted molar refractivity (Wildman–Crippen MR) is 82.0 cm³/mol. The molecule has 108 valence electrons. The van der Waals surface area contributed by atoms with Gasteiger partial charge >= 0.3 is 0 Å². The van der Waals surface area contributed by atoms with Crippen LogP contribution in [0.1, 0.15) is 17.0 Å². The van der Waals surface area contributed by atoms with Gasteiger partial charge in [0.15, 0.2) is 5.82 Å². The van der Waals surface area contributed by atoms with Crippen molar-refractivity contribution in [3.8, 4) is 0 Å². The second-order valence-corrected chi connectivity index (χ2v) is 4.93. The lowest BCUT2D eigenvalue weighted by atomic mass is 10.1. The van der Waals surface area contributed by atoms with Gasteiger partial charge < -0.3 is 11.1 Å². The predicted octanol–water partition coefficient (Wildman–Crippen LogP) is 1.55. The van der Waals surface area contributed by atoms with Crippen molar-refractivity contribution in [3.63, 3.8) is 0 Å². The molecule has 21 heavy (non-hydrogen) atoms. The third kappa shape index (κ3) is 2.85. The van der Waals surface area contributed by atoms with Gasteiger partial charge in [-0.15, -0.1) is 10.2 Å². The molecule has 0 aliphatic carbocycles. The van der Waals surface area contributed by atoms with E-state index in [-0.39, 0.29) is 0 Å². The summed E-state index contributed by atoms with van der Waals surface area (Å²) >= 11 is 0. The molecule has 6 nitrogen and oxygen atoms in total. The van der Waals surface area contributed by atoms with Crippen molar-refractivity contribution in [2.24, 2.45) is 5.73 Å². The highest BCUT2D eigenvalue weighted by Crippen LogP contribution is 2.13. The number of fused-ring (bicyclic) bond motifs is 1. The number of aryl methyl sites for hydroxylation is 1. The molecule has 3 rings (SSSR count). The number of benzene rings is 1. The van der Waals surface area contributed by atoms with Crippen LogP contribution < -0.4 is 11.1 Å². The fourth-order valence-electron chi connectivity index (χ4n) is 2.24. The maximum atomic E-state index is 5.55. The summed E-state index contributed by atoms with van der Waals surface area (Å²) in [5, 5.41) is 11.5. The van der Waals surface area contributed by atoms with Crippen molar-refractivity contribution < 1.29 is 0 Å². The van der Waals surface area contributed by atoms with Gasteiger partial charge in [-0.05, 0) is 31.0 Å². The normalized spacial score (nSPS) is 11.0. The molecule has 2 heterocycles. The summed E-state index contributed by atoms with van der Waals surface area (Å²) in [6.07, 6.45) is 4.51. The number of rotatable bonds is 5. The second-order valence-electron chi connectivity index (χ2n) is 4.93. The highest BCUT2D eigenvalue weighted by atomic mass is 15.3. The van der Waals surface area contributed by atoms with E-state index in [1.165, 1.54) is 11.1 Å². The molecule has 0 aliphatic rings. The molecular weight excluding hydrogens is 264 g/mol. The fraction of sp³-hybridized carbons (Fsp3) is 0.267. The number of aromatic nitrogens is 4. The van der Waals surface area contributed by atoms with Gasteiger partial charge in [-0.3, -0.25) is 4.40 Å². The fourth-order valence-corrected chi connectivity index (χ4v) is 2.24. The van der Waals surface area contributed by atoms with Crippen molar-refractivity contribution in [2.75, 3.05) is 11.9 Å². The SMILES string of the molecule is Cc1nnc2c(NCc3ccc(CCN)cc3)nccn12. The Hall–Kier alpha value is -2.47. The minimum atomic E-state index is 0.676. The Labute approximate surface area is 123 Å². The first-order chi connectivity index (χ1) is 10.3. The van der Waals surface area contributed by atoms with Crippen molar-refractivity contribution in [1.82, 2.24) is 19.6 Å². The zero-order valence-electron chi connectivity index (χ0n) is 12.0. The van der Waals surface area contributed by atoms with E-state index in [1.54, 1.807) is 6.20 Å². The molecule has 0 radical (unpaired) electrons. The maximum Gasteiger partial charge on any atom is 0.203 e. The van der Waals surface area contributed by atoms with Crippen LogP contribution in [0.15, 0.2) is 36.7 Å². The standard InChI is InChI=1S/C15H18N6/c1-11-19-20-15-14(17-8-9-21(11)15)18-10-13-4-2-12(3-5-13)6-7-16/h2-5,8-9H,6-7,10,16H2,1H3,(H,17,18). The number of nitrogens with one attached hydrogen (secondary N) is 1. The summed E-state index contributed by atoms with van der Waals surface area (Å²) in [4.78, 5) is 4.33. The second kappa shape index (κ2) is 5.88. The Bertz CT molecular complexity index is 732. The molecule has 0 spiro atoms. The van der Waals surface area contributed by atoms with E-state index in [4.69, 9.17) is 5.73 Å². The average Bonchev–Trinajstić information content (AvgIpc) is 2.89. The lowest BCUT2D eigenvalue weighted by Crippen LogP contribution is -2.05. The van der Waals surface area contributed by atoms with Crippen molar-refractivity contribution in [1.29, 1.82) is 0 Å². The third-order valence-corrected chi connectivity index (χ3v) is 3.41. The first-order valence-corrected chi connectivity index (χ1v) is 6.96. The Kier molecular flexibility index (Phi) is 3.79. The van der Waals surface area contributed by atoms with Gasteiger partial charge in [0.25, 0.3) is 0 Å². The number of hydrogen-bond acceptors (Lipinski definition) is 5. The third-order valence-electron chi connectivity index (χ3n) is 3.41. The Morgan fingerprint density at radius 1 is 1.14 bits per heavy atom. The lowest BCUT2D eigenvalue weighted by molar-refractivity contribution is 0.965. The van der Waals surface area contributed by atoms with Gasteiger partial charge in [-0.2, -0.15) is 0 Å². The van der Waals surface area contributed by atoms with E-state index >= 15 is 0 Å². The summed E-state index contributed by atoms with van der Waals surface area (Å²) in [5.74, 6) is 1.59. The van der Waals surface area contributed by atoms with Crippen LogP contribution in [0.3, 0.4) is 0 Å². The van der Waals surface area contributed by atoms with Gasteiger partial charge in [0.2, 0.25) is 5.65 Å². The van der Waals surface area contributed by atoms with Crippen LogP contribution in [0.25, 0.3) is 5.65 Å². The Morgan fingerprint density at radius 3 is 2.67 bits per heavy atom. The largest absolute Gasteiger partial charge is 0.363 e. The van der Waals surface area contributed by atoms with Crippen molar-refractivity contribution >= 4 is 11.5 Å². The van der Waals surface area contributed by atoms with Crippen LogP contribution >= 0.6 is 0 Å². The van der Waals surface area contributed by atoms with E-state index in [1.807, 2.05) is 17.5 Å².